The molecule has 0 spiro atoms. The highest BCUT2D eigenvalue weighted by atomic mass is 32.1. The Balaban J connectivity index is 2.34. The number of hydrogen-bond donors (Lipinski definition) is 0. The van der Waals surface area contributed by atoms with Crippen molar-refractivity contribution in [3.05, 3.63) is 29.1 Å². The van der Waals surface area contributed by atoms with Gasteiger partial charge in [0.05, 0.1) is 6.61 Å². The van der Waals surface area contributed by atoms with Crippen LogP contribution < -0.4 is 4.74 Å². The molecule has 1 aromatic carbocycles. The first-order valence-corrected chi connectivity index (χ1v) is 6.30. The van der Waals surface area contributed by atoms with Crippen molar-refractivity contribution in [3.8, 4) is 5.75 Å². The number of ether oxygens (including phenoxy) is 1. The van der Waals surface area contributed by atoms with Crippen LogP contribution in [-0.2, 0) is 6.42 Å². The monoisotopic (exact) mass is 220 g/mol. The fraction of sp³-hybridized carbons (Fsp3) is 0.385. The highest BCUT2D eigenvalue weighted by Gasteiger charge is 2.02. The molecule has 1 heterocycles. The zero-order valence-corrected chi connectivity index (χ0v) is 10.1. The number of rotatable bonds is 4. The third kappa shape index (κ3) is 2.32. The third-order valence-electron chi connectivity index (χ3n) is 2.35. The molecule has 0 atom stereocenters. The van der Waals surface area contributed by atoms with Gasteiger partial charge >= 0.3 is 0 Å². The largest absolute Gasteiger partial charge is 0.494 e. The number of fused-ring (bicyclic) bond motifs is 1. The molecule has 0 bridgehead atoms. The van der Waals surface area contributed by atoms with Crippen LogP contribution in [0.15, 0.2) is 24.3 Å². The van der Waals surface area contributed by atoms with E-state index < -0.39 is 0 Å². The second kappa shape index (κ2) is 4.67. The topological polar surface area (TPSA) is 9.23 Å². The second-order valence-electron chi connectivity index (χ2n) is 3.60. The average molecular weight is 220 g/mol. The summed E-state index contributed by atoms with van der Waals surface area (Å²) in [7, 11) is 0. The van der Waals surface area contributed by atoms with Crippen LogP contribution in [0.2, 0.25) is 0 Å². The van der Waals surface area contributed by atoms with Crippen LogP contribution in [0.5, 0.6) is 5.75 Å². The van der Waals surface area contributed by atoms with Crippen LogP contribution in [0, 0.1) is 0 Å². The fourth-order valence-corrected chi connectivity index (χ4v) is 2.89. The van der Waals surface area contributed by atoms with Crippen molar-refractivity contribution in [2.45, 2.75) is 26.7 Å². The number of benzene rings is 1. The summed E-state index contributed by atoms with van der Waals surface area (Å²) in [5, 5.41) is 1.34. The molecule has 0 radical (unpaired) electrons. The minimum Gasteiger partial charge on any atom is -0.494 e. The van der Waals surface area contributed by atoms with Crippen molar-refractivity contribution in [2.24, 2.45) is 0 Å². The maximum atomic E-state index is 5.49. The van der Waals surface area contributed by atoms with Gasteiger partial charge < -0.3 is 4.74 Å². The highest BCUT2D eigenvalue weighted by Crippen LogP contribution is 2.29. The zero-order valence-electron chi connectivity index (χ0n) is 9.25. The van der Waals surface area contributed by atoms with E-state index in [-0.39, 0.29) is 0 Å². The smallest absolute Gasteiger partial charge is 0.120 e. The summed E-state index contributed by atoms with van der Waals surface area (Å²) in [6, 6.07) is 8.63. The van der Waals surface area contributed by atoms with E-state index in [1.54, 1.807) is 0 Å². The molecule has 0 N–H and O–H groups in total. The van der Waals surface area contributed by atoms with Crippen LogP contribution >= 0.6 is 11.3 Å². The number of aryl methyl sites for hydroxylation is 1. The standard InChI is InChI=1S/C13H16OS/c1-3-5-12-8-10-6-7-11(14-4-2)9-13(10)15-12/h6-9H,3-5H2,1-2H3. The molecule has 0 saturated carbocycles. The lowest BCUT2D eigenvalue weighted by Crippen LogP contribution is -1.89. The second-order valence-corrected chi connectivity index (χ2v) is 4.76. The summed E-state index contributed by atoms with van der Waals surface area (Å²) in [4.78, 5) is 1.47. The van der Waals surface area contributed by atoms with E-state index in [1.807, 2.05) is 24.3 Å². The van der Waals surface area contributed by atoms with Crippen LogP contribution in [0.3, 0.4) is 0 Å². The summed E-state index contributed by atoms with van der Waals surface area (Å²) in [6.07, 6.45) is 2.40. The Hall–Kier alpha value is -1.02. The lowest BCUT2D eigenvalue weighted by Gasteiger charge is -2.01. The minimum atomic E-state index is 0.735. The molecule has 0 unspecified atom stereocenters. The van der Waals surface area contributed by atoms with Gasteiger partial charge in [-0.3, -0.25) is 0 Å². The van der Waals surface area contributed by atoms with E-state index in [9.17, 15) is 0 Å². The van der Waals surface area contributed by atoms with Gasteiger partial charge in [-0.2, -0.15) is 0 Å². The number of thiophene rings is 1. The van der Waals surface area contributed by atoms with Crippen LogP contribution in [0.4, 0.5) is 0 Å². The van der Waals surface area contributed by atoms with Gasteiger partial charge in [-0.25, -0.2) is 0 Å². The van der Waals surface area contributed by atoms with Crippen molar-refractivity contribution in [2.75, 3.05) is 6.61 Å². The maximum absolute atomic E-state index is 5.49. The molecule has 0 saturated heterocycles. The third-order valence-corrected chi connectivity index (χ3v) is 3.51. The van der Waals surface area contributed by atoms with Crippen molar-refractivity contribution in [1.29, 1.82) is 0 Å². The van der Waals surface area contributed by atoms with E-state index in [0.29, 0.717) is 0 Å². The van der Waals surface area contributed by atoms with Gasteiger partial charge in [0.25, 0.3) is 0 Å². The molecule has 1 nitrogen and oxygen atoms in total. The Morgan fingerprint density at radius 1 is 1.20 bits per heavy atom. The van der Waals surface area contributed by atoms with E-state index in [4.69, 9.17) is 4.74 Å². The molecule has 2 aromatic rings. The highest BCUT2D eigenvalue weighted by molar-refractivity contribution is 7.19. The molecule has 0 fully saturated rings. The Labute approximate surface area is 94.7 Å². The van der Waals surface area contributed by atoms with E-state index in [2.05, 4.69) is 25.1 Å². The summed E-state index contributed by atoms with van der Waals surface area (Å²) < 4.78 is 6.83. The lowest BCUT2D eigenvalue weighted by atomic mass is 10.2. The Morgan fingerprint density at radius 2 is 2.07 bits per heavy atom. The summed E-state index contributed by atoms with van der Waals surface area (Å²) >= 11 is 1.88. The molecular formula is C13H16OS. The maximum Gasteiger partial charge on any atom is 0.120 e. The van der Waals surface area contributed by atoms with Gasteiger partial charge in [0, 0.05) is 9.58 Å². The SMILES string of the molecule is CCCc1cc2ccc(OCC)cc2s1. The van der Waals surface area contributed by atoms with Crippen molar-refractivity contribution >= 4 is 21.4 Å². The number of hydrogen-bond acceptors (Lipinski definition) is 2. The van der Waals surface area contributed by atoms with Gasteiger partial charge in [-0.1, -0.05) is 13.3 Å². The first-order chi connectivity index (χ1) is 7.33. The van der Waals surface area contributed by atoms with Gasteiger partial charge in [0.2, 0.25) is 0 Å². The van der Waals surface area contributed by atoms with E-state index in [0.717, 1.165) is 12.4 Å². The van der Waals surface area contributed by atoms with Gasteiger partial charge in [-0.05, 0) is 43.0 Å². The minimum absolute atomic E-state index is 0.735. The molecule has 0 aliphatic carbocycles. The lowest BCUT2D eigenvalue weighted by molar-refractivity contribution is 0.341. The molecule has 0 aliphatic rings. The summed E-state index contributed by atoms with van der Waals surface area (Å²) in [6.45, 7) is 4.97. The van der Waals surface area contributed by atoms with Gasteiger partial charge in [-0.15, -0.1) is 11.3 Å². The van der Waals surface area contributed by atoms with E-state index in [1.165, 1.54) is 27.8 Å². The molecule has 0 aliphatic heterocycles. The average Bonchev–Trinajstić information content (AvgIpc) is 2.60. The Kier molecular flexibility index (Phi) is 3.27. The molecule has 80 valence electrons. The first-order valence-electron chi connectivity index (χ1n) is 5.48. The normalized spacial score (nSPS) is 10.8. The van der Waals surface area contributed by atoms with Crippen molar-refractivity contribution in [1.82, 2.24) is 0 Å². The van der Waals surface area contributed by atoms with E-state index >= 15 is 0 Å². The van der Waals surface area contributed by atoms with Crippen molar-refractivity contribution < 1.29 is 4.74 Å². The van der Waals surface area contributed by atoms with Crippen LogP contribution in [0.25, 0.3) is 10.1 Å². The Bertz CT molecular complexity index is 441. The predicted molar refractivity (Wildman–Crippen MR) is 67.0 cm³/mol. The zero-order chi connectivity index (χ0) is 10.7. The molecular weight excluding hydrogens is 204 g/mol. The summed E-state index contributed by atoms with van der Waals surface area (Å²) in [5.41, 5.74) is 0. The molecule has 0 amide bonds. The fourth-order valence-electron chi connectivity index (χ4n) is 1.69. The van der Waals surface area contributed by atoms with Crippen LogP contribution in [0.1, 0.15) is 25.1 Å². The molecule has 2 rings (SSSR count). The van der Waals surface area contributed by atoms with Gasteiger partial charge in [0.1, 0.15) is 5.75 Å². The van der Waals surface area contributed by atoms with Crippen LogP contribution in [-0.4, -0.2) is 6.61 Å². The van der Waals surface area contributed by atoms with Gasteiger partial charge in [0.15, 0.2) is 0 Å². The van der Waals surface area contributed by atoms with Crippen molar-refractivity contribution in [3.63, 3.8) is 0 Å². The molecule has 1 aromatic heterocycles. The summed E-state index contributed by atoms with van der Waals surface area (Å²) in [5.74, 6) is 0.981. The predicted octanol–water partition coefficient (Wildman–Crippen LogP) is 4.25. The molecule has 2 heteroatoms. The Morgan fingerprint density at radius 3 is 2.80 bits per heavy atom. The molecule has 15 heavy (non-hydrogen) atoms. The first kappa shape index (κ1) is 10.5. The quantitative estimate of drug-likeness (QED) is 0.748.